The van der Waals surface area contributed by atoms with Gasteiger partial charge in [0, 0.05) is 54.0 Å². The van der Waals surface area contributed by atoms with Crippen molar-refractivity contribution in [2.45, 2.75) is 29.5 Å². The number of fused-ring (bicyclic) bond motifs is 1. The second-order valence-corrected chi connectivity index (χ2v) is 9.55. The van der Waals surface area contributed by atoms with Crippen LogP contribution in [0, 0.1) is 17.1 Å². The van der Waals surface area contributed by atoms with Crippen LogP contribution in [0.2, 0.25) is 0 Å². The molecule has 0 bridgehead atoms. The molecule has 0 spiro atoms. The van der Waals surface area contributed by atoms with Crippen molar-refractivity contribution in [1.82, 2.24) is 3.97 Å². The first-order valence-electron chi connectivity index (χ1n) is 7.24. The van der Waals surface area contributed by atoms with Crippen molar-refractivity contribution in [2.24, 2.45) is 0 Å². The van der Waals surface area contributed by atoms with Crippen molar-refractivity contribution in [3.63, 3.8) is 0 Å². The van der Waals surface area contributed by atoms with Gasteiger partial charge in [-0.25, -0.2) is 12.8 Å². The summed E-state index contributed by atoms with van der Waals surface area (Å²) in [5, 5.41) is 8.75. The number of nitrogens with zero attached hydrogens (tertiary/aromatic N) is 2. The fraction of sp³-hybridized carbons (Fsp3) is 0.267. The summed E-state index contributed by atoms with van der Waals surface area (Å²) in [4.78, 5) is 0.138. The Morgan fingerprint density at radius 1 is 1.48 bits per heavy atom. The Balaban J connectivity index is 2.00. The number of sulfonamides is 1. The summed E-state index contributed by atoms with van der Waals surface area (Å²) in [7, 11) is -2.59. The van der Waals surface area contributed by atoms with Crippen LogP contribution in [0.15, 0.2) is 29.3 Å². The zero-order valence-electron chi connectivity index (χ0n) is 12.7. The van der Waals surface area contributed by atoms with E-state index in [2.05, 4.69) is 25.9 Å². The Morgan fingerprint density at radius 2 is 2.24 bits per heavy atom. The van der Waals surface area contributed by atoms with Gasteiger partial charge in [0.25, 0.3) is 10.0 Å². The summed E-state index contributed by atoms with van der Waals surface area (Å²) in [6.45, 7) is 0. The molecular weight excluding hydrogens is 500 g/mol. The van der Waals surface area contributed by atoms with Crippen LogP contribution in [0.4, 0.5) is 10.1 Å². The van der Waals surface area contributed by atoms with Crippen LogP contribution in [0.1, 0.15) is 23.2 Å². The molecule has 0 saturated heterocycles. The van der Waals surface area contributed by atoms with Crippen LogP contribution in [-0.2, 0) is 22.9 Å². The normalized spacial score (nSPS) is 17.0. The number of alkyl halides is 1. The highest BCUT2D eigenvalue weighted by atomic mass is 127. The number of hydrogen-bond acceptors (Lipinski definition) is 4. The van der Waals surface area contributed by atoms with Crippen molar-refractivity contribution >= 4 is 57.6 Å². The minimum atomic E-state index is -3.96. The van der Waals surface area contributed by atoms with Gasteiger partial charge in [-0.15, -0.1) is 11.6 Å². The largest absolute Gasteiger partial charge is 0.285 e. The molecule has 25 heavy (non-hydrogen) atoms. The topological polar surface area (TPSA) is 74.9 Å². The summed E-state index contributed by atoms with van der Waals surface area (Å²) in [5.41, 5.74) is 1.54. The molecule has 10 heteroatoms. The number of aromatic nitrogens is 1. The second-order valence-electron chi connectivity index (χ2n) is 5.57. The molecule has 1 N–H and O–H groups in total. The SMILES string of the molecule is N#Cc1ccc(NS(=O)(=O)c2cn(SI)c3c2CCC(Cl)C3)c(F)c1. The first-order chi connectivity index (χ1) is 11.9. The maximum absolute atomic E-state index is 14.0. The van der Waals surface area contributed by atoms with E-state index in [0.717, 1.165) is 17.3 Å². The minimum Gasteiger partial charge on any atom is -0.285 e. The lowest BCUT2D eigenvalue weighted by atomic mass is 9.98. The van der Waals surface area contributed by atoms with Crippen molar-refractivity contribution in [3.05, 3.63) is 47.0 Å². The van der Waals surface area contributed by atoms with Crippen molar-refractivity contribution in [3.8, 4) is 6.07 Å². The van der Waals surface area contributed by atoms with Gasteiger partial charge in [0.1, 0.15) is 10.7 Å². The molecule has 0 aliphatic heterocycles. The smallest absolute Gasteiger partial charge is 0.263 e. The van der Waals surface area contributed by atoms with E-state index >= 15 is 0 Å². The Labute approximate surface area is 166 Å². The van der Waals surface area contributed by atoms with E-state index in [-0.39, 0.29) is 21.5 Å². The molecule has 1 atom stereocenters. The highest BCUT2D eigenvalue weighted by Crippen LogP contribution is 2.36. The lowest BCUT2D eigenvalue weighted by Gasteiger charge is -2.19. The first kappa shape index (κ1) is 18.8. The maximum Gasteiger partial charge on any atom is 0.263 e. The Morgan fingerprint density at radius 3 is 2.88 bits per heavy atom. The van der Waals surface area contributed by atoms with Gasteiger partial charge in [-0.3, -0.25) is 8.69 Å². The van der Waals surface area contributed by atoms with Gasteiger partial charge < -0.3 is 0 Å². The molecule has 1 aliphatic carbocycles. The fourth-order valence-corrected chi connectivity index (χ4v) is 5.93. The van der Waals surface area contributed by atoms with Crippen LogP contribution in [-0.4, -0.2) is 17.8 Å². The van der Waals surface area contributed by atoms with E-state index in [1.807, 2.05) is 6.07 Å². The van der Waals surface area contributed by atoms with Crippen LogP contribution in [0.3, 0.4) is 0 Å². The third-order valence-electron chi connectivity index (χ3n) is 3.98. The van der Waals surface area contributed by atoms with Gasteiger partial charge in [-0.05, 0) is 36.6 Å². The molecular formula is C15H12ClFIN3O2S2. The molecule has 1 aliphatic rings. The second kappa shape index (κ2) is 7.34. The van der Waals surface area contributed by atoms with E-state index in [0.29, 0.717) is 19.3 Å². The van der Waals surface area contributed by atoms with Gasteiger partial charge >= 0.3 is 0 Å². The molecule has 132 valence electrons. The fourth-order valence-electron chi connectivity index (χ4n) is 2.79. The van der Waals surface area contributed by atoms with Crippen LogP contribution in [0.5, 0.6) is 0 Å². The molecule has 0 fully saturated rings. The number of anilines is 1. The Bertz CT molecular complexity index is 972. The predicted octanol–water partition coefficient (Wildman–Crippen LogP) is 4.24. The standard InChI is InChI=1S/C15H12ClFIN3O2S2/c16-10-2-3-11-14(6-10)21(24-18)8-15(11)25(22,23)20-13-4-1-9(7-19)5-12(13)17/h1,4-5,8,10,20H,2-3,6H2. The average molecular weight is 512 g/mol. The zero-order valence-corrected chi connectivity index (χ0v) is 17.2. The van der Waals surface area contributed by atoms with Crippen LogP contribution < -0.4 is 4.72 Å². The number of halogens is 3. The van der Waals surface area contributed by atoms with E-state index < -0.39 is 15.8 Å². The highest BCUT2D eigenvalue weighted by Gasteiger charge is 2.30. The number of rotatable bonds is 4. The molecule has 5 nitrogen and oxygen atoms in total. The monoisotopic (exact) mass is 511 g/mol. The van der Waals surface area contributed by atoms with Gasteiger partial charge in [0.2, 0.25) is 0 Å². The number of nitrogens with one attached hydrogen (secondary N) is 1. The van der Waals surface area contributed by atoms with Crippen LogP contribution >= 0.6 is 41.9 Å². The first-order valence-corrected chi connectivity index (χ1v) is 12.5. The van der Waals surface area contributed by atoms with E-state index in [4.69, 9.17) is 16.9 Å². The maximum atomic E-state index is 14.0. The Hall–Kier alpha value is -0.960. The lowest BCUT2D eigenvalue weighted by Crippen LogP contribution is -2.19. The third-order valence-corrected chi connectivity index (χ3v) is 7.51. The molecule has 1 aromatic carbocycles. The molecule has 2 aromatic rings. The molecule has 1 aromatic heterocycles. The molecule has 1 unspecified atom stereocenters. The van der Waals surface area contributed by atoms with E-state index in [1.54, 1.807) is 10.2 Å². The molecule has 0 radical (unpaired) electrons. The van der Waals surface area contributed by atoms with E-state index in [1.165, 1.54) is 21.3 Å². The van der Waals surface area contributed by atoms with Crippen molar-refractivity contribution < 1.29 is 12.8 Å². The predicted molar refractivity (Wildman–Crippen MR) is 105 cm³/mol. The summed E-state index contributed by atoms with van der Waals surface area (Å²) < 4.78 is 43.7. The lowest BCUT2D eigenvalue weighted by molar-refractivity contribution is 0.596. The Kier molecular flexibility index (Phi) is 5.53. The van der Waals surface area contributed by atoms with Gasteiger partial charge in [0.05, 0.1) is 17.3 Å². The quantitative estimate of drug-likeness (QED) is 0.492. The van der Waals surface area contributed by atoms with Gasteiger partial charge in [-0.2, -0.15) is 5.26 Å². The zero-order chi connectivity index (χ0) is 18.2. The van der Waals surface area contributed by atoms with Crippen molar-refractivity contribution in [1.29, 1.82) is 5.26 Å². The highest BCUT2D eigenvalue weighted by molar-refractivity contribution is 14.2. The third kappa shape index (κ3) is 3.77. The summed E-state index contributed by atoms with van der Waals surface area (Å²) in [6, 6.07) is 5.41. The minimum absolute atomic E-state index is 0.0239. The molecule has 1 heterocycles. The molecule has 3 rings (SSSR count). The van der Waals surface area contributed by atoms with Gasteiger partial charge in [0.15, 0.2) is 0 Å². The van der Waals surface area contributed by atoms with E-state index in [9.17, 15) is 12.8 Å². The number of hydrogen-bond donors (Lipinski definition) is 1. The van der Waals surface area contributed by atoms with Crippen LogP contribution in [0.25, 0.3) is 0 Å². The summed E-state index contributed by atoms with van der Waals surface area (Å²) in [6.07, 6.45) is 3.38. The summed E-state index contributed by atoms with van der Waals surface area (Å²) >= 11 is 8.29. The number of nitriles is 1. The molecule has 0 amide bonds. The van der Waals surface area contributed by atoms with Gasteiger partial charge in [-0.1, -0.05) is 0 Å². The van der Waals surface area contributed by atoms with Crippen molar-refractivity contribution in [2.75, 3.05) is 4.72 Å². The summed E-state index contributed by atoms with van der Waals surface area (Å²) in [5.74, 6) is -0.792. The molecule has 0 saturated carbocycles. The number of benzene rings is 1. The average Bonchev–Trinajstić information content (AvgIpc) is 2.95.